The molecule has 0 unspecified atom stereocenters. The van der Waals surface area contributed by atoms with Gasteiger partial charge in [0.25, 0.3) is 5.69 Å². The van der Waals surface area contributed by atoms with Crippen LogP contribution in [0.25, 0.3) is 0 Å². The van der Waals surface area contributed by atoms with E-state index in [2.05, 4.69) is 10.6 Å². The lowest BCUT2D eigenvalue weighted by Crippen LogP contribution is -2.42. The molecule has 8 nitrogen and oxygen atoms in total. The van der Waals surface area contributed by atoms with Crippen LogP contribution in [0.2, 0.25) is 0 Å². The minimum atomic E-state index is -0.738. The molecule has 0 saturated carbocycles. The van der Waals surface area contributed by atoms with E-state index in [1.54, 1.807) is 19.1 Å². The van der Waals surface area contributed by atoms with Crippen LogP contribution in [0.4, 0.5) is 11.4 Å². The number of ether oxygens (including phenoxy) is 2. The van der Waals surface area contributed by atoms with E-state index in [0.717, 1.165) is 11.1 Å². The van der Waals surface area contributed by atoms with Crippen molar-refractivity contribution in [2.75, 3.05) is 18.5 Å². The minimum absolute atomic E-state index is 0.147. The maximum Gasteiger partial charge on any atom is 0.293 e. The van der Waals surface area contributed by atoms with Crippen LogP contribution < -0.4 is 20.1 Å². The minimum Gasteiger partial charge on any atom is -0.486 e. The number of nitrogens with zero attached hydrogens (tertiary/aromatic N) is 1. The van der Waals surface area contributed by atoms with Crippen molar-refractivity contribution in [3.63, 3.8) is 0 Å². The molecule has 3 aromatic rings. The quantitative estimate of drug-likeness (QED) is 0.431. The number of carbonyl (C=O) groups is 1. The Morgan fingerprint density at radius 1 is 1.09 bits per heavy atom. The molecule has 8 heteroatoms. The second-order valence-corrected chi connectivity index (χ2v) is 7.52. The van der Waals surface area contributed by atoms with E-state index in [1.165, 1.54) is 6.07 Å². The molecule has 0 spiro atoms. The van der Waals surface area contributed by atoms with Crippen LogP contribution in [0.15, 0.2) is 72.8 Å². The first-order chi connectivity index (χ1) is 15.5. The van der Waals surface area contributed by atoms with Crippen molar-refractivity contribution < 1.29 is 19.2 Å². The molecule has 1 amide bonds. The van der Waals surface area contributed by atoms with Gasteiger partial charge in [-0.3, -0.25) is 20.2 Å². The first-order valence-corrected chi connectivity index (χ1v) is 10.2. The largest absolute Gasteiger partial charge is 0.486 e. The fourth-order valence-electron chi connectivity index (χ4n) is 3.52. The van der Waals surface area contributed by atoms with Crippen molar-refractivity contribution in [1.82, 2.24) is 5.32 Å². The summed E-state index contributed by atoms with van der Waals surface area (Å²) in [6.45, 7) is 2.45. The van der Waals surface area contributed by atoms with Crippen LogP contribution >= 0.6 is 0 Å². The molecule has 3 aromatic carbocycles. The molecule has 0 radical (unpaired) electrons. The zero-order chi connectivity index (χ0) is 22.5. The van der Waals surface area contributed by atoms with Crippen LogP contribution in [0.5, 0.6) is 11.5 Å². The van der Waals surface area contributed by atoms with Crippen LogP contribution in [-0.2, 0) is 4.79 Å². The molecule has 4 rings (SSSR count). The summed E-state index contributed by atoms with van der Waals surface area (Å²) in [4.78, 5) is 24.1. The van der Waals surface area contributed by atoms with Crippen molar-refractivity contribution in [2.45, 2.75) is 19.1 Å². The second kappa shape index (κ2) is 9.49. The van der Waals surface area contributed by atoms with E-state index >= 15 is 0 Å². The van der Waals surface area contributed by atoms with Gasteiger partial charge < -0.3 is 14.8 Å². The first-order valence-electron chi connectivity index (χ1n) is 10.2. The molecule has 32 heavy (non-hydrogen) atoms. The summed E-state index contributed by atoms with van der Waals surface area (Å²) in [5.41, 5.74) is 1.48. The SMILES string of the molecule is Cc1ccc(NC(=O)[C@@H](NC[C@H]2COc3ccccc3O2)c2ccccc2)c([N+](=O)[O-])c1. The number of amides is 1. The lowest BCUT2D eigenvalue weighted by molar-refractivity contribution is -0.384. The number of nitro benzene ring substituents is 1. The Balaban J connectivity index is 1.50. The molecule has 2 atom stereocenters. The van der Waals surface area contributed by atoms with Crippen molar-refractivity contribution in [1.29, 1.82) is 0 Å². The monoisotopic (exact) mass is 433 g/mol. The van der Waals surface area contributed by atoms with E-state index in [-0.39, 0.29) is 17.5 Å². The van der Waals surface area contributed by atoms with Crippen LogP contribution in [0, 0.1) is 17.0 Å². The zero-order valence-corrected chi connectivity index (χ0v) is 17.5. The van der Waals surface area contributed by atoms with Crippen molar-refractivity contribution in [3.8, 4) is 11.5 Å². The molecule has 1 aliphatic rings. The molecule has 0 bridgehead atoms. The van der Waals surface area contributed by atoms with E-state index in [1.807, 2.05) is 54.6 Å². The first kappa shape index (κ1) is 21.3. The van der Waals surface area contributed by atoms with Gasteiger partial charge in [-0.25, -0.2) is 0 Å². The predicted octanol–water partition coefficient (Wildman–Crippen LogP) is 4.01. The summed E-state index contributed by atoms with van der Waals surface area (Å²) in [7, 11) is 0. The van der Waals surface area contributed by atoms with Crippen LogP contribution in [0.3, 0.4) is 0 Å². The van der Waals surface area contributed by atoms with Crippen molar-refractivity contribution >= 4 is 17.3 Å². The highest BCUT2D eigenvalue weighted by Crippen LogP contribution is 2.31. The third-order valence-corrected chi connectivity index (χ3v) is 5.12. The topological polar surface area (TPSA) is 103 Å². The molecule has 0 aliphatic carbocycles. The Bertz CT molecular complexity index is 1120. The fraction of sp³-hybridized carbons (Fsp3) is 0.208. The highest BCUT2D eigenvalue weighted by Gasteiger charge is 2.27. The number of nitro groups is 1. The molecule has 0 aromatic heterocycles. The van der Waals surface area contributed by atoms with E-state index in [9.17, 15) is 14.9 Å². The van der Waals surface area contributed by atoms with Gasteiger partial charge >= 0.3 is 0 Å². The van der Waals surface area contributed by atoms with Gasteiger partial charge in [-0.1, -0.05) is 48.5 Å². The van der Waals surface area contributed by atoms with Gasteiger partial charge in [-0.05, 0) is 36.2 Å². The van der Waals surface area contributed by atoms with E-state index in [0.29, 0.717) is 24.7 Å². The van der Waals surface area contributed by atoms with Gasteiger partial charge in [0, 0.05) is 12.6 Å². The summed E-state index contributed by atoms with van der Waals surface area (Å²) in [6.07, 6.45) is -0.294. The number of anilines is 1. The maximum atomic E-state index is 13.2. The van der Waals surface area contributed by atoms with E-state index in [4.69, 9.17) is 9.47 Å². The van der Waals surface area contributed by atoms with E-state index < -0.39 is 16.9 Å². The molecule has 0 fully saturated rings. The Kier molecular flexibility index (Phi) is 6.32. The lowest BCUT2D eigenvalue weighted by atomic mass is 10.1. The smallest absolute Gasteiger partial charge is 0.293 e. The van der Waals surface area contributed by atoms with Gasteiger partial charge in [0.1, 0.15) is 24.4 Å². The van der Waals surface area contributed by atoms with Gasteiger partial charge in [0.2, 0.25) is 5.91 Å². The van der Waals surface area contributed by atoms with Gasteiger partial charge in [-0.15, -0.1) is 0 Å². The highest BCUT2D eigenvalue weighted by molar-refractivity contribution is 5.97. The molecular weight excluding hydrogens is 410 g/mol. The summed E-state index contributed by atoms with van der Waals surface area (Å²) in [6, 6.07) is 20.6. The number of nitrogens with one attached hydrogen (secondary N) is 2. The summed E-state index contributed by atoms with van der Waals surface area (Å²) >= 11 is 0. The maximum absolute atomic E-state index is 13.2. The normalized spacial score (nSPS) is 15.6. The number of fused-ring (bicyclic) bond motifs is 1. The number of benzene rings is 3. The number of para-hydroxylation sites is 2. The number of rotatable bonds is 7. The number of hydrogen-bond acceptors (Lipinski definition) is 6. The Hall–Kier alpha value is -3.91. The molecule has 1 aliphatic heterocycles. The number of aryl methyl sites for hydroxylation is 1. The van der Waals surface area contributed by atoms with Gasteiger partial charge in [-0.2, -0.15) is 0 Å². The van der Waals surface area contributed by atoms with Crippen LogP contribution in [0.1, 0.15) is 17.2 Å². The molecule has 164 valence electrons. The molecule has 1 heterocycles. The van der Waals surface area contributed by atoms with Gasteiger partial charge in [0.05, 0.1) is 4.92 Å². The molecular formula is C24H23N3O5. The van der Waals surface area contributed by atoms with Crippen molar-refractivity contribution in [2.24, 2.45) is 0 Å². The number of carbonyl (C=O) groups excluding carboxylic acids is 1. The van der Waals surface area contributed by atoms with Crippen molar-refractivity contribution in [3.05, 3.63) is 94.0 Å². The zero-order valence-electron chi connectivity index (χ0n) is 17.5. The highest BCUT2D eigenvalue weighted by atomic mass is 16.6. The number of hydrogen-bond donors (Lipinski definition) is 2. The predicted molar refractivity (Wildman–Crippen MR) is 120 cm³/mol. The molecule has 2 N–H and O–H groups in total. The fourth-order valence-corrected chi connectivity index (χ4v) is 3.52. The lowest BCUT2D eigenvalue weighted by Gasteiger charge is -2.28. The third-order valence-electron chi connectivity index (χ3n) is 5.12. The van der Waals surface area contributed by atoms with Gasteiger partial charge in [0.15, 0.2) is 11.5 Å². The average Bonchev–Trinajstić information content (AvgIpc) is 2.81. The Morgan fingerprint density at radius 3 is 2.56 bits per heavy atom. The Labute approximate surface area is 185 Å². The average molecular weight is 433 g/mol. The summed E-state index contributed by atoms with van der Waals surface area (Å²) < 4.78 is 11.7. The third kappa shape index (κ3) is 4.87. The summed E-state index contributed by atoms with van der Waals surface area (Å²) in [5.74, 6) is 0.939. The molecule has 0 saturated heterocycles. The summed E-state index contributed by atoms with van der Waals surface area (Å²) in [5, 5.41) is 17.4. The van der Waals surface area contributed by atoms with Crippen LogP contribution in [-0.4, -0.2) is 30.1 Å². The second-order valence-electron chi connectivity index (χ2n) is 7.52. The standard InChI is InChI=1S/C24H23N3O5/c1-16-11-12-19(20(13-16)27(29)30)26-24(28)23(17-7-3-2-4-8-17)25-14-18-15-31-21-9-5-6-10-22(21)32-18/h2-13,18,23,25H,14-15H2,1H3,(H,26,28)/t18-,23-/m0/s1. The Morgan fingerprint density at radius 2 is 1.81 bits per heavy atom.